The molecular formula is C21H20BrClFNO2S. The predicted molar refractivity (Wildman–Crippen MR) is 116 cm³/mol. The molecule has 0 amide bonds. The monoisotopic (exact) mass is 483 g/mol. The number of thiophene rings is 1. The Hall–Kier alpha value is -1.60. The van der Waals surface area contributed by atoms with Crippen LogP contribution in [0.15, 0.2) is 52.3 Å². The second-order valence-electron chi connectivity index (χ2n) is 6.03. The van der Waals surface area contributed by atoms with Crippen LogP contribution in [-0.4, -0.2) is 6.61 Å². The van der Waals surface area contributed by atoms with Crippen LogP contribution < -0.4 is 14.8 Å². The number of halogens is 3. The average Bonchev–Trinajstić information content (AvgIpc) is 3.17. The zero-order valence-corrected chi connectivity index (χ0v) is 18.5. The van der Waals surface area contributed by atoms with Gasteiger partial charge in [-0.2, -0.15) is 0 Å². The Bertz CT molecular complexity index is 921. The number of ether oxygens (including phenoxy) is 2. The van der Waals surface area contributed by atoms with Crippen LogP contribution in [0.3, 0.4) is 0 Å². The van der Waals surface area contributed by atoms with Crippen LogP contribution >= 0.6 is 38.9 Å². The number of hydrogen-bond acceptors (Lipinski definition) is 4. The highest BCUT2D eigenvalue weighted by Crippen LogP contribution is 2.35. The summed E-state index contributed by atoms with van der Waals surface area (Å²) in [5.74, 6) is 0.902. The fourth-order valence-corrected chi connectivity index (χ4v) is 3.98. The minimum absolute atomic E-state index is 0.224. The third kappa shape index (κ3) is 5.70. The first-order chi connectivity index (χ1) is 13.6. The molecule has 0 radical (unpaired) electrons. The molecule has 3 aromatic rings. The zero-order chi connectivity index (χ0) is 19.9. The Kier molecular flexibility index (Phi) is 7.73. The van der Waals surface area contributed by atoms with Crippen LogP contribution in [0.2, 0.25) is 5.02 Å². The molecule has 28 heavy (non-hydrogen) atoms. The molecule has 0 saturated carbocycles. The minimum atomic E-state index is -0.370. The van der Waals surface area contributed by atoms with Crippen molar-refractivity contribution in [2.45, 2.75) is 26.6 Å². The van der Waals surface area contributed by atoms with Gasteiger partial charge in [0.05, 0.1) is 11.6 Å². The van der Waals surface area contributed by atoms with Crippen molar-refractivity contribution in [2.24, 2.45) is 0 Å². The summed E-state index contributed by atoms with van der Waals surface area (Å²) < 4.78 is 25.8. The molecule has 148 valence electrons. The molecule has 0 unspecified atom stereocenters. The molecule has 0 aliphatic heterocycles. The predicted octanol–water partition coefficient (Wildman–Crippen LogP) is 6.57. The highest BCUT2D eigenvalue weighted by molar-refractivity contribution is 9.10. The molecular weight excluding hydrogens is 465 g/mol. The molecule has 0 bridgehead atoms. The van der Waals surface area contributed by atoms with E-state index in [1.807, 2.05) is 25.1 Å². The van der Waals surface area contributed by atoms with Gasteiger partial charge < -0.3 is 14.8 Å². The lowest BCUT2D eigenvalue weighted by Crippen LogP contribution is -2.12. The molecule has 0 fully saturated rings. The summed E-state index contributed by atoms with van der Waals surface area (Å²) in [7, 11) is 0. The number of hydrogen-bond donors (Lipinski definition) is 1. The van der Waals surface area contributed by atoms with Gasteiger partial charge in [0.1, 0.15) is 12.4 Å². The molecule has 1 heterocycles. The lowest BCUT2D eigenvalue weighted by Gasteiger charge is -2.16. The van der Waals surface area contributed by atoms with Crippen LogP contribution in [0.25, 0.3) is 0 Å². The van der Waals surface area contributed by atoms with Gasteiger partial charge in [0.25, 0.3) is 0 Å². The maximum atomic E-state index is 13.2. The Balaban J connectivity index is 1.70. The van der Waals surface area contributed by atoms with Gasteiger partial charge in [-0.25, -0.2) is 4.39 Å². The molecule has 1 N–H and O–H groups in total. The summed E-state index contributed by atoms with van der Waals surface area (Å²) in [6.45, 7) is 4.19. The zero-order valence-electron chi connectivity index (χ0n) is 15.3. The van der Waals surface area contributed by atoms with E-state index in [-0.39, 0.29) is 12.4 Å². The van der Waals surface area contributed by atoms with Crippen LogP contribution in [-0.2, 0) is 19.7 Å². The van der Waals surface area contributed by atoms with Gasteiger partial charge in [-0.15, -0.1) is 11.3 Å². The summed E-state index contributed by atoms with van der Waals surface area (Å²) in [5.41, 5.74) is 1.79. The molecule has 3 nitrogen and oxygen atoms in total. The van der Waals surface area contributed by atoms with Gasteiger partial charge in [0.15, 0.2) is 11.5 Å². The van der Waals surface area contributed by atoms with Gasteiger partial charge in [0, 0.05) is 28.0 Å². The molecule has 3 rings (SSSR count). The topological polar surface area (TPSA) is 30.5 Å². The van der Waals surface area contributed by atoms with E-state index < -0.39 is 0 Å². The lowest BCUT2D eigenvalue weighted by molar-refractivity contribution is 0.269. The van der Waals surface area contributed by atoms with Gasteiger partial charge >= 0.3 is 0 Å². The highest BCUT2D eigenvalue weighted by Gasteiger charge is 2.12. The summed E-state index contributed by atoms with van der Waals surface area (Å²) in [6, 6.07) is 12.3. The van der Waals surface area contributed by atoms with E-state index in [9.17, 15) is 4.39 Å². The molecule has 1 aromatic heterocycles. The van der Waals surface area contributed by atoms with E-state index in [0.717, 1.165) is 16.6 Å². The van der Waals surface area contributed by atoms with Crippen molar-refractivity contribution in [2.75, 3.05) is 6.61 Å². The summed E-state index contributed by atoms with van der Waals surface area (Å²) in [5, 5.41) is 5.84. The molecule has 0 saturated heterocycles. The summed E-state index contributed by atoms with van der Waals surface area (Å²) in [4.78, 5) is 1.29. The first kappa shape index (κ1) is 21.1. The molecule has 0 atom stereocenters. The largest absolute Gasteiger partial charge is 0.490 e. The second kappa shape index (κ2) is 10.3. The van der Waals surface area contributed by atoms with Crippen LogP contribution in [0.1, 0.15) is 22.9 Å². The van der Waals surface area contributed by atoms with Gasteiger partial charge in [-0.05, 0) is 48.2 Å². The Morgan fingerprint density at radius 2 is 1.89 bits per heavy atom. The van der Waals surface area contributed by atoms with E-state index in [1.54, 1.807) is 17.4 Å². The fraction of sp³-hybridized carbons (Fsp3) is 0.238. The van der Waals surface area contributed by atoms with Crippen molar-refractivity contribution in [3.8, 4) is 11.5 Å². The molecule has 2 aromatic carbocycles. The number of rotatable bonds is 9. The van der Waals surface area contributed by atoms with E-state index in [4.69, 9.17) is 21.1 Å². The SMILES string of the molecule is CCOc1cc(CNCc2cccs2)c(Br)cc1OCc1ccc(F)cc1Cl. The van der Waals surface area contributed by atoms with Crippen molar-refractivity contribution in [3.05, 3.63) is 79.2 Å². The average molecular weight is 485 g/mol. The Labute approximate surface area is 181 Å². The smallest absolute Gasteiger partial charge is 0.162 e. The lowest BCUT2D eigenvalue weighted by atomic mass is 10.2. The quantitative estimate of drug-likeness (QED) is 0.372. The van der Waals surface area contributed by atoms with Crippen LogP contribution in [0.5, 0.6) is 11.5 Å². The fourth-order valence-electron chi connectivity index (χ4n) is 2.62. The van der Waals surface area contributed by atoms with E-state index in [1.165, 1.54) is 17.0 Å². The van der Waals surface area contributed by atoms with Gasteiger partial charge in [0.2, 0.25) is 0 Å². The number of nitrogens with one attached hydrogen (secondary N) is 1. The number of benzene rings is 2. The highest BCUT2D eigenvalue weighted by atomic mass is 79.9. The van der Waals surface area contributed by atoms with Crippen molar-refractivity contribution < 1.29 is 13.9 Å². The van der Waals surface area contributed by atoms with Crippen molar-refractivity contribution in [1.29, 1.82) is 0 Å². The third-order valence-corrected chi connectivity index (χ3v) is 5.97. The molecule has 7 heteroatoms. The van der Waals surface area contributed by atoms with E-state index >= 15 is 0 Å². The van der Waals surface area contributed by atoms with Crippen LogP contribution in [0, 0.1) is 5.82 Å². The molecule has 0 spiro atoms. The van der Waals surface area contributed by atoms with Crippen LogP contribution in [0.4, 0.5) is 4.39 Å². The summed E-state index contributed by atoms with van der Waals surface area (Å²) >= 11 is 11.4. The second-order valence-corrected chi connectivity index (χ2v) is 8.32. The minimum Gasteiger partial charge on any atom is -0.490 e. The molecule has 0 aliphatic carbocycles. The van der Waals surface area contributed by atoms with Gasteiger partial charge in [-0.1, -0.05) is 39.7 Å². The van der Waals surface area contributed by atoms with Crippen molar-refractivity contribution in [3.63, 3.8) is 0 Å². The normalized spacial score (nSPS) is 10.9. The molecule has 0 aliphatic rings. The Morgan fingerprint density at radius 3 is 2.61 bits per heavy atom. The third-order valence-electron chi connectivity index (χ3n) is 4.01. The van der Waals surface area contributed by atoms with Gasteiger partial charge in [-0.3, -0.25) is 0 Å². The standard InChI is InChI=1S/C21H20BrClFNO2S/c1-2-26-20-8-15(11-25-12-17-4-3-7-28-17)18(22)10-21(20)27-13-14-5-6-16(24)9-19(14)23/h3-10,25H,2,11-13H2,1H3. The first-order valence-electron chi connectivity index (χ1n) is 8.82. The van der Waals surface area contributed by atoms with Crippen molar-refractivity contribution in [1.82, 2.24) is 5.32 Å². The van der Waals surface area contributed by atoms with E-state index in [2.05, 4.69) is 32.7 Å². The Morgan fingerprint density at radius 1 is 1.07 bits per heavy atom. The van der Waals surface area contributed by atoms with E-state index in [0.29, 0.717) is 35.2 Å². The van der Waals surface area contributed by atoms with Crippen molar-refractivity contribution >= 4 is 38.9 Å². The first-order valence-corrected chi connectivity index (χ1v) is 10.9. The maximum absolute atomic E-state index is 13.2. The maximum Gasteiger partial charge on any atom is 0.162 e. The summed E-state index contributed by atoms with van der Waals surface area (Å²) in [6.07, 6.45) is 0.